The van der Waals surface area contributed by atoms with Gasteiger partial charge in [-0.15, -0.1) is 0 Å². The topological polar surface area (TPSA) is 94.5 Å². The number of methoxy groups -OCH3 is 2. The molecule has 4 rings (SSSR count). The Morgan fingerprint density at radius 2 is 1.87 bits per heavy atom. The lowest BCUT2D eigenvalue weighted by Crippen LogP contribution is -2.35. The molecule has 0 saturated heterocycles. The highest BCUT2D eigenvalue weighted by Gasteiger charge is 2.33. The van der Waals surface area contributed by atoms with Crippen LogP contribution in [0.25, 0.3) is 11.1 Å². The summed E-state index contributed by atoms with van der Waals surface area (Å²) >= 11 is 6.19. The molecule has 1 aromatic heterocycles. The van der Waals surface area contributed by atoms with E-state index in [0.29, 0.717) is 27.8 Å². The van der Waals surface area contributed by atoms with E-state index in [9.17, 15) is 9.59 Å². The third-order valence-electron chi connectivity index (χ3n) is 4.86. The molecule has 1 aliphatic rings. The number of hydrogen-bond donors (Lipinski definition) is 2. The Morgan fingerprint density at radius 1 is 1.17 bits per heavy atom. The molecule has 0 aliphatic carbocycles. The van der Waals surface area contributed by atoms with Crippen LogP contribution in [0.3, 0.4) is 0 Å². The highest BCUT2D eigenvalue weighted by Crippen LogP contribution is 2.35. The zero-order chi connectivity index (χ0) is 21.3. The summed E-state index contributed by atoms with van der Waals surface area (Å²) in [5, 5.41) is 10.3. The second-order valence-electron chi connectivity index (χ2n) is 6.68. The highest BCUT2D eigenvalue weighted by atomic mass is 35.5. The van der Waals surface area contributed by atoms with Crippen molar-refractivity contribution in [2.45, 2.75) is 12.5 Å². The van der Waals surface area contributed by atoms with Crippen LogP contribution in [0.15, 0.2) is 48.7 Å². The van der Waals surface area contributed by atoms with Crippen LogP contribution in [0, 0.1) is 0 Å². The van der Waals surface area contributed by atoms with Gasteiger partial charge in [-0.3, -0.25) is 9.59 Å². The van der Waals surface area contributed by atoms with Gasteiger partial charge in [0.2, 0.25) is 11.8 Å². The lowest BCUT2D eigenvalue weighted by molar-refractivity contribution is -0.125. The maximum atomic E-state index is 13.0. The van der Waals surface area contributed by atoms with Crippen molar-refractivity contribution in [3.8, 4) is 22.6 Å². The van der Waals surface area contributed by atoms with Crippen molar-refractivity contribution in [1.82, 2.24) is 9.78 Å². The number of nitrogens with one attached hydrogen (secondary N) is 2. The number of benzene rings is 2. The zero-order valence-corrected chi connectivity index (χ0v) is 17.1. The van der Waals surface area contributed by atoms with Gasteiger partial charge in [-0.05, 0) is 29.8 Å². The molecule has 1 unspecified atom stereocenters. The van der Waals surface area contributed by atoms with Crippen LogP contribution in [0.5, 0.6) is 11.5 Å². The third kappa shape index (κ3) is 3.69. The van der Waals surface area contributed by atoms with Crippen molar-refractivity contribution >= 4 is 34.9 Å². The van der Waals surface area contributed by atoms with Crippen molar-refractivity contribution in [2.24, 2.45) is 0 Å². The van der Waals surface area contributed by atoms with E-state index < -0.39 is 11.9 Å². The monoisotopic (exact) mass is 426 g/mol. The van der Waals surface area contributed by atoms with Crippen LogP contribution < -0.4 is 20.1 Å². The number of carbonyl (C=O) groups excluding carboxylic acids is 2. The molecule has 3 aromatic rings. The minimum atomic E-state index is -0.817. The summed E-state index contributed by atoms with van der Waals surface area (Å²) in [6.07, 6.45) is 1.59. The van der Waals surface area contributed by atoms with E-state index in [1.165, 1.54) is 11.8 Å². The minimum absolute atomic E-state index is 0.0375. The predicted molar refractivity (Wildman–Crippen MR) is 113 cm³/mol. The molecule has 0 spiro atoms. The Bertz CT molecular complexity index is 1110. The number of ether oxygens (including phenoxy) is 2. The molecule has 8 nitrogen and oxygen atoms in total. The first kappa shape index (κ1) is 19.8. The van der Waals surface area contributed by atoms with Crippen LogP contribution >= 0.6 is 11.6 Å². The van der Waals surface area contributed by atoms with Gasteiger partial charge in [0.1, 0.15) is 23.4 Å². The van der Waals surface area contributed by atoms with E-state index in [2.05, 4.69) is 15.7 Å². The molecular formula is C21H19ClN4O4. The second kappa shape index (κ2) is 8.08. The fraction of sp³-hybridized carbons (Fsp3) is 0.190. The first-order valence-corrected chi connectivity index (χ1v) is 9.54. The molecule has 0 radical (unpaired) electrons. The molecule has 0 fully saturated rings. The first-order valence-electron chi connectivity index (χ1n) is 9.16. The van der Waals surface area contributed by atoms with Gasteiger partial charge in [-0.25, -0.2) is 4.68 Å². The molecule has 2 aromatic carbocycles. The summed E-state index contributed by atoms with van der Waals surface area (Å²) in [5.74, 6) is 1.07. The van der Waals surface area contributed by atoms with Crippen molar-refractivity contribution in [3.63, 3.8) is 0 Å². The summed E-state index contributed by atoms with van der Waals surface area (Å²) in [4.78, 5) is 25.3. The average molecular weight is 427 g/mol. The van der Waals surface area contributed by atoms with Gasteiger partial charge >= 0.3 is 0 Å². The van der Waals surface area contributed by atoms with Crippen LogP contribution in [0.1, 0.15) is 12.5 Å². The standard InChI is InChI=1S/C21H19ClN4O4/c1-29-13-5-3-12(4-6-13)15-11-23-26-18(10-19(27)25-20(15)26)21(28)24-17-9-14(30-2)7-8-16(17)22/h3-9,11,18H,10H2,1-2H3,(H,24,28)(H,25,27). The van der Waals surface area contributed by atoms with Crippen molar-refractivity contribution < 1.29 is 19.1 Å². The number of anilines is 2. The van der Waals surface area contributed by atoms with E-state index in [-0.39, 0.29) is 12.3 Å². The number of hydrogen-bond acceptors (Lipinski definition) is 5. The van der Waals surface area contributed by atoms with E-state index in [1.807, 2.05) is 24.3 Å². The molecule has 1 atom stereocenters. The molecular weight excluding hydrogens is 408 g/mol. The number of amides is 2. The summed E-state index contributed by atoms with van der Waals surface area (Å²) in [7, 11) is 3.12. The van der Waals surface area contributed by atoms with Gasteiger partial charge in [-0.1, -0.05) is 23.7 Å². The Hall–Kier alpha value is -3.52. The molecule has 2 N–H and O–H groups in total. The van der Waals surface area contributed by atoms with Crippen molar-refractivity contribution in [3.05, 3.63) is 53.7 Å². The average Bonchev–Trinajstić information content (AvgIpc) is 3.18. The SMILES string of the molecule is COc1ccc(-c2cnn3c2NC(=O)CC3C(=O)Nc2cc(OC)ccc2Cl)cc1. The quantitative estimate of drug-likeness (QED) is 0.648. The molecule has 1 aliphatic heterocycles. The Morgan fingerprint density at radius 3 is 2.57 bits per heavy atom. The molecule has 154 valence electrons. The lowest BCUT2D eigenvalue weighted by atomic mass is 10.1. The normalized spacial score (nSPS) is 15.2. The smallest absolute Gasteiger partial charge is 0.249 e. The van der Waals surface area contributed by atoms with Gasteiger partial charge in [0.25, 0.3) is 0 Å². The summed E-state index contributed by atoms with van der Waals surface area (Å²) in [6.45, 7) is 0. The molecule has 2 heterocycles. The highest BCUT2D eigenvalue weighted by molar-refractivity contribution is 6.33. The fourth-order valence-corrected chi connectivity index (χ4v) is 3.46. The Balaban J connectivity index is 1.64. The fourth-order valence-electron chi connectivity index (χ4n) is 3.30. The number of carbonyl (C=O) groups is 2. The molecule has 30 heavy (non-hydrogen) atoms. The third-order valence-corrected chi connectivity index (χ3v) is 5.19. The van der Waals surface area contributed by atoms with Gasteiger partial charge in [0.15, 0.2) is 0 Å². The summed E-state index contributed by atoms with van der Waals surface area (Å²) < 4.78 is 11.9. The molecule has 0 saturated carbocycles. The molecule has 0 bridgehead atoms. The van der Waals surface area contributed by atoms with Gasteiger partial charge in [0, 0.05) is 11.6 Å². The Labute approximate surface area is 177 Å². The Kier molecular flexibility index (Phi) is 5.33. The summed E-state index contributed by atoms with van der Waals surface area (Å²) in [5.41, 5.74) is 1.95. The number of halogens is 1. The van der Waals surface area contributed by atoms with E-state index in [4.69, 9.17) is 21.1 Å². The van der Waals surface area contributed by atoms with Crippen molar-refractivity contribution in [2.75, 3.05) is 24.9 Å². The maximum Gasteiger partial charge on any atom is 0.249 e. The van der Waals surface area contributed by atoms with E-state index in [0.717, 1.165) is 11.3 Å². The summed E-state index contributed by atoms with van der Waals surface area (Å²) in [6, 6.07) is 11.5. The van der Waals surface area contributed by atoms with Crippen LogP contribution in [-0.2, 0) is 9.59 Å². The van der Waals surface area contributed by atoms with Gasteiger partial charge in [0.05, 0.1) is 37.5 Å². The van der Waals surface area contributed by atoms with Crippen LogP contribution in [0.2, 0.25) is 5.02 Å². The first-order chi connectivity index (χ1) is 14.5. The molecule has 2 amide bonds. The van der Waals surface area contributed by atoms with Crippen LogP contribution in [-0.4, -0.2) is 35.8 Å². The maximum absolute atomic E-state index is 13.0. The van der Waals surface area contributed by atoms with Crippen molar-refractivity contribution in [1.29, 1.82) is 0 Å². The number of fused-ring (bicyclic) bond motifs is 1. The largest absolute Gasteiger partial charge is 0.497 e. The number of aromatic nitrogens is 2. The zero-order valence-electron chi connectivity index (χ0n) is 16.3. The number of nitrogens with zero attached hydrogens (tertiary/aromatic N) is 2. The van der Waals surface area contributed by atoms with E-state index in [1.54, 1.807) is 31.5 Å². The van der Waals surface area contributed by atoms with Crippen LogP contribution in [0.4, 0.5) is 11.5 Å². The minimum Gasteiger partial charge on any atom is -0.497 e. The van der Waals surface area contributed by atoms with Gasteiger partial charge in [-0.2, -0.15) is 5.10 Å². The molecule has 9 heteroatoms. The predicted octanol–water partition coefficient (Wildman–Crippen LogP) is 3.74. The second-order valence-corrected chi connectivity index (χ2v) is 7.09. The van der Waals surface area contributed by atoms with E-state index >= 15 is 0 Å². The van der Waals surface area contributed by atoms with Gasteiger partial charge < -0.3 is 20.1 Å². The number of rotatable bonds is 5. The lowest BCUT2D eigenvalue weighted by Gasteiger charge is -2.25.